The second kappa shape index (κ2) is 8.08. The van der Waals surface area contributed by atoms with Gasteiger partial charge in [0, 0.05) is 38.4 Å². The fraction of sp³-hybridized carbons (Fsp3) is 0.600. The van der Waals surface area contributed by atoms with Crippen molar-refractivity contribution in [2.75, 3.05) is 44.7 Å². The SMILES string of the molecule is COc1ccc(N2CCN(C3CC(=O)N(CCC(C)C)C3=O)CC2)cc1. The second-order valence-corrected chi connectivity index (χ2v) is 7.51. The van der Waals surface area contributed by atoms with Gasteiger partial charge in [0.15, 0.2) is 0 Å². The summed E-state index contributed by atoms with van der Waals surface area (Å²) in [6, 6.07) is 7.78. The number of amides is 2. The largest absolute Gasteiger partial charge is 0.497 e. The number of ether oxygens (including phenoxy) is 1. The molecule has 2 aliphatic heterocycles. The van der Waals surface area contributed by atoms with Gasteiger partial charge in [-0.2, -0.15) is 0 Å². The standard InChI is InChI=1S/C20H29N3O3/c1-15(2)8-9-23-19(24)14-18(20(23)25)22-12-10-21(11-13-22)16-4-6-17(26-3)7-5-16/h4-7,15,18H,8-14H2,1-3H3. The zero-order chi connectivity index (χ0) is 18.7. The molecule has 6 heteroatoms. The molecule has 2 amide bonds. The Morgan fingerprint density at radius 3 is 2.31 bits per heavy atom. The highest BCUT2D eigenvalue weighted by atomic mass is 16.5. The van der Waals surface area contributed by atoms with Crippen LogP contribution in [0.15, 0.2) is 24.3 Å². The van der Waals surface area contributed by atoms with E-state index in [0.717, 1.165) is 44.0 Å². The molecule has 1 atom stereocenters. The summed E-state index contributed by atoms with van der Waals surface area (Å²) in [5, 5.41) is 0. The van der Waals surface area contributed by atoms with Crippen LogP contribution in [0.1, 0.15) is 26.7 Å². The second-order valence-electron chi connectivity index (χ2n) is 7.51. The molecule has 26 heavy (non-hydrogen) atoms. The van der Waals surface area contributed by atoms with Gasteiger partial charge < -0.3 is 9.64 Å². The number of piperazine rings is 1. The lowest BCUT2D eigenvalue weighted by Crippen LogP contribution is -2.52. The zero-order valence-corrected chi connectivity index (χ0v) is 16.0. The summed E-state index contributed by atoms with van der Waals surface area (Å²) in [6.45, 7) is 8.09. The molecule has 1 unspecified atom stereocenters. The van der Waals surface area contributed by atoms with Crippen molar-refractivity contribution in [3.63, 3.8) is 0 Å². The molecular formula is C20H29N3O3. The number of carbonyl (C=O) groups excluding carboxylic acids is 2. The van der Waals surface area contributed by atoms with Gasteiger partial charge in [0.25, 0.3) is 0 Å². The predicted molar refractivity (Wildman–Crippen MR) is 101 cm³/mol. The van der Waals surface area contributed by atoms with E-state index in [0.29, 0.717) is 18.9 Å². The van der Waals surface area contributed by atoms with Gasteiger partial charge in [-0.05, 0) is 36.6 Å². The van der Waals surface area contributed by atoms with Crippen LogP contribution in [-0.2, 0) is 9.59 Å². The monoisotopic (exact) mass is 359 g/mol. The van der Waals surface area contributed by atoms with Gasteiger partial charge in [0.1, 0.15) is 5.75 Å². The van der Waals surface area contributed by atoms with Crippen LogP contribution in [0, 0.1) is 5.92 Å². The molecule has 2 saturated heterocycles. The van der Waals surface area contributed by atoms with Crippen molar-refractivity contribution in [1.29, 1.82) is 0 Å². The highest BCUT2D eigenvalue weighted by Gasteiger charge is 2.42. The van der Waals surface area contributed by atoms with Gasteiger partial charge in [0.05, 0.1) is 19.6 Å². The van der Waals surface area contributed by atoms with Crippen molar-refractivity contribution in [1.82, 2.24) is 9.80 Å². The highest BCUT2D eigenvalue weighted by Crippen LogP contribution is 2.24. The molecule has 0 aromatic heterocycles. The lowest BCUT2D eigenvalue weighted by molar-refractivity contribution is -0.139. The van der Waals surface area contributed by atoms with Gasteiger partial charge >= 0.3 is 0 Å². The molecule has 0 spiro atoms. The normalized spacial score (nSPS) is 21.8. The van der Waals surface area contributed by atoms with E-state index < -0.39 is 0 Å². The van der Waals surface area contributed by atoms with Gasteiger partial charge in [-0.25, -0.2) is 0 Å². The third-order valence-electron chi connectivity index (χ3n) is 5.34. The lowest BCUT2D eigenvalue weighted by atomic mass is 10.1. The first-order valence-electron chi connectivity index (χ1n) is 9.47. The van der Waals surface area contributed by atoms with Crippen LogP contribution in [0.3, 0.4) is 0 Å². The van der Waals surface area contributed by atoms with Crippen LogP contribution in [0.5, 0.6) is 5.75 Å². The molecular weight excluding hydrogens is 330 g/mol. The van der Waals surface area contributed by atoms with E-state index in [1.165, 1.54) is 4.90 Å². The van der Waals surface area contributed by atoms with Gasteiger partial charge in [0.2, 0.25) is 11.8 Å². The molecule has 3 rings (SSSR count). The molecule has 0 saturated carbocycles. The number of carbonyl (C=O) groups is 2. The molecule has 2 aliphatic rings. The maximum Gasteiger partial charge on any atom is 0.247 e. The summed E-state index contributed by atoms with van der Waals surface area (Å²) < 4.78 is 5.21. The minimum absolute atomic E-state index is 0.00597. The Kier molecular flexibility index (Phi) is 5.81. The number of rotatable bonds is 6. The van der Waals surface area contributed by atoms with Crippen molar-refractivity contribution in [2.24, 2.45) is 5.92 Å². The van der Waals surface area contributed by atoms with Crippen molar-refractivity contribution in [3.05, 3.63) is 24.3 Å². The molecule has 2 heterocycles. The number of likely N-dealkylation sites (tertiary alicyclic amines) is 1. The van der Waals surface area contributed by atoms with E-state index in [4.69, 9.17) is 4.74 Å². The van der Waals surface area contributed by atoms with E-state index in [-0.39, 0.29) is 17.9 Å². The number of hydrogen-bond donors (Lipinski definition) is 0. The van der Waals surface area contributed by atoms with Crippen LogP contribution >= 0.6 is 0 Å². The Hall–Kier alpha value is -2.08. The fourth-order valence-corrected chi connectivity index (χ4v) is 3.66. The Labute approximate surface area is 155 Å². The third kappa shape index (κ3) is 4.01. The molecule has 0 N–H and O–H groups in total. The topological polar surface area (TPSA) is 53.1 Å². The minimum Gasteiger partial charge on any atom is -0.497 e. The summed E-state index contributed by atoms with van der Waals surface area (Å²) in [5.41, 5.74) is 1.16. The van der Waals surface area contributed by atoms with Gasteiger partial charge in [-0.1, -0.05) is 13.8 Å². The van der Waals surface area contributed by atoms with Gasteiger partial charge in [-0.15, -0.1) is 0 Å². The smallest absolute Gasteiger partial charge is 0.247 e. The van der Waals surface area contributed by atoms with E-state index in [9.17, 15) is 9.59 Å². The lowest BCUT2D eigenvalue weighted by Gasteiger charge is -2.38. The summed E-state index contributed by atoms with van der Waals surface area (Å²) in [6.07, 6.45) is 1.20. The number of nitrogens with zero attached hydrogens (tertiary/aromatic N) is 3. The summed E-state index contributed by atoms with van der Waals surface area (Å²) in [4.78, 5) is 30.9. The van der Waals surface area contributed by atoms with Crippen LogP contribution < -0.4 is 9.64 Å². The van der Waals surface area contributed by atoms with Crippen molar-refractivity contribution in [3.8, 4) is 5.75 Å². The number of anilines is 1. The Morgan fingerprint density at radius 1 is 1.08 bits per heavy atom. The Morgan fingerprint density at radius 2 is 1.73 bits per heavy atom. The molecule has 6 nitrogen and oxygen atoms in total. The average Bonchev–Trinajstić information content (AvgIpc) is 2.94. The molecule has 0 radical (unpaired) electrons. The number of benzene rings is 1. The molecule has 0 bridgehead atoms. The summed E-state index contributed by atoms with van der Waals surface area (Å²) >= 11 is 0. The third-order valence-corrected chi connectivity index (χ3v) is 5.34. The van der Waals surface area contributed by atoms with Crippen molar-refractivity contribution < 1.29 is 14.3 Å². The van der Waals surface area contributed by atoms with Crippen molar-refractivity contribution >= 4 is 17.5 Å². The van der Waals surface area contributed by atoms with E-state index in [2.05, 4.69) is 35.8 Å². The van der Waals surface area contributed by atoms with E-state index in [1.54, 1.807) is 7.11 Å². The fourth-order valence-electron chi connectivity index (χ4n) is 3.66. The van der Waals surface area contributed by atoms with Crippen LogP contribution in [0.4, 0.5) is 5.69 Å². The van der Waals surface area contributed by atoms with E-state index >= 15 is 0 Å². The number of imide groups is 1. The maximum atomic E-state index is 12.7. The van der Waals surface area contributed by atoms with Crippen LogP contribution in [0.25, 0.3) is 0 Å². The van der Waals surface area contributed by atoms with Crippen LogP contribution in [-0.4, -0.2) is 67.5 Å². The van der Waals surface area contributed by atoms with Crippen LogP contribution in [0.2, 0.25) is 0 Å². The average molecular weight is 359 g/mol. The number of hydrogen-bond acceptors (Lipinski definition) is 5. The first-order valence-corrected chi connectivity index (χ1v) is 9.47. The quantitative estimate of drug-likeness (QED) is 0.727. The van der Waals surface area contributed by atoms with E-state index in [1.807, 2.05) is 12.1 Å². The molecule has 0 aliphatic carbocycles. The molecule has 1 aromatic carbocycles. The minimum atomic E-state index is -0.271. The zero-order valence-electron chi connectivity index (χ0n) is 16.0. The summed E-state index contributed by atoms with van der Waals surface area (Å²) in [5.74, 6) is 1.32. The highest BCUT2D eigenvalue weighted by molar-refractivity contribution is 6.05. The first kappa shape index (κ1) is 18.7. The molecule has 2 fully saturated rings. The Bertz CT molecular complexity index is 636. The number of methoxy groups -OCH3 is 1. The van der Waals surface area contributed by atoms with Gasteiger partial charge in [-0.3, -0.25) is 19.4 Å². The molecule has 1 aromatic rings. The predicted octanol–water partition coefficient (Wildman–Crippen LogP) is 1.99. The Balaban J connectivity index is 1.56. The molecule has 142 valence electrons. The van der Waals surface area contributed by atoms with Crippen molar-refractivity contribution in [2.45, 2.75) is 32.7 Å². The maximum absolute atomic E-state index is 12.7. The first-order chi connectivity index (χ1) is 12.5. The summed E-state index contributed by atoms with van der Waals surface area (Å²) in [7, 11) is 1.66.